The fraction of sp³-hybridized carbons (Fsp3) is 0.320. The minimum Gasteiger partial charge on any atom is -0.347 e. The monoisotopic (exact) mass is 490 g/mol. The van der Waals surface area contributed by atoms with Gasteiger partial charge in [0.25, 0.3) is 5.91 Å². The van der Waals surface area contributed by atoms with E-state index < -0.39 is 6.17 Å². The number of pyridine rings is 1. The topological polar surface area (TPSA) is 120 Å². The van der Waals surface area contributed by atoms with E-state index in [0.717, 1.165) is 11.1 Å². The molecule has 0 saturated carbocycles. The van der Waals surface area contributed by atoms with E-state index in [1.165, 1.54) is 15.6 Å². The quantitative estimate of drug-likeness (QED) is 0.323. The van der Waals surface area contributed by atoms with E-state index in [1.807, 2.05) is 37.3 Å². The fourth-order valence-corrected chi connectivity index (χ4v) is 3.65. The Morgan fingerprint density at radius 3 is 2.64 bits per heavy atom. The van der Waals surface area contributed by atoms with Crippen molar-refractivity contribution in [2.45, 2.75) is 52.0 Å². The molecule has 1 atom stereocenters. The molecule has 0 saturated heterocycles. The summed E-state index contributed by atoms with van der Waals surface area (Å²) in [6.45, 7) is 2.63. The highest BCUT2D eigenvalue weighted by atomic mass is 19.1. The first-order chi connectivity index (χ1) is 17.4. The Hall–Kier alpha value is -4.28. The predicted molar refractivity (Wildman–Crippen MR) is 129 cm³/mol. The molecule has 11 heteroatoms. The Bertz CT molecular complexity index is 1300. The Balaban J connectivity index is 1.19. The molecule has 0 spiro atoms. The van der Waals surface area contributed by atoms with Crippen LogP contribution in [0.1, 0.15) is 39.4 Å². The van der Waals surface area contributed by atoms with Gasteiger partial charge >= 0.3 is 0 Å². The number of amides is 1. The van der Waals surface area contributed by atoms with E-state index >= 15 is 0 Å². The molecule has 1 amide bonds. The van der Waals surface area contributed by atoms with Gasteiger partial charge in [-0.25, -0.2) is 9.07 Å². The molecule has 0 aliphatic carbocycles. The van der Waals surface area contributed by atoms with E-state index in [-0.39, 0.29) is 49.7 Å². The van der Waals surface area contributed by atoms with E-state index in [0.29, 0.717) is 17.9 Å². The molecule has 1 unspecified atom stereocenters. The summed E-state index contributed by atoms with van der Waals surface area (Å²) >= 11 is 0. The minimum atomic E-state index is -1.22. The van der Waals surface area contributed by atoms with E-state index in [2.05, 4.69) is 30.9 Å². The number of hydrogen-bond donors (Lipinski definition) is 1. The van der Waals surface area contributed by atoms with E-state index in [9.17, 15) is 14.0 Å². The third kappa shape index (κ3) is 7.36. The molecular formula is C25H27FN8O2. The molecule has 4 aromatic rings. The lowest BCUT2D eigenvalue weighted by atomic mass is 10.1. The van der Waals surface area contributed by atoms with Crippen molar-refractivity contribution in [3.63, 3.8) is 0 Å². The molecule has 10 nitrogen and oxygen atoms in total. The van der Waals surface area contributed by atoms with Gasteiger partial charge in [0.2, 0.25) is 0 Å². The van der Waals surface area contributed by atoms with Crippen LogP contribution in [0.3, 0.4) is 0 Å². The summed E-state index contributed by atoms with van der Waals surface area (Å²) < 4.78 is 17.4. The van der Waals surface area contributed by atoms with Gasteiger partial charge in [-0.1, -0.05) is 46.3 Å². The molecule has 0 aliphatic rings. The van der Waals surface area contributed by atoms with Gasteiger partial charge in [0.05, 0.1) is 24.9 Å². The summed E-state index contributed by atoms with van der Waals surface area (Å²) in [5, 5.41) is 18.5. The van der Waals surface area contributed by atoms with Gasteiger partial charge < -0.3 is 5.32 Å². The summed E-state index contributed by atoms with van der Waals surface area (Å²) in [7, 11) is 0. The fourth-order valence-electron chi connectivity index (χ4n) is 3.65. The highest BCUT2D eigenvalue weighted by Crippen LogP contribution is 2.07. The maximum Gasteiger partial charge on any atom is 0.273 e. The first-order valence-electron chi connectivity index (χ1n) is 11.6. The zero-order valence-electron chi connectivity index (χ0n) is 19.9. The van der Waals surface area contributed by atoms with Gasteiger partial charge in [0.1, 0.15) is 12.0 Å². The molecule has 36 heavy (non-hydrogen) atoms. The smallest absolute Gasteiger partial charge is 0.273 e. The number of carbonyl (C=O) groups excluding carboxylic acids is 2. The zero-order valence-corrected chi connectivity index (χ0v) is 19.9. The van der Waals surface area contributed by atoms with Gasteiger partial charge in [-0.3, -0.25) is 19.3 Å². The molecule has 3 aromatic heterocycles. The lowest BCUT2D eigenvalue weighted by molar-refractivity contribution is -0.117. The van der Waals surface area contributed by atoms with Crippen molar-refractivity contribution in [1.82, 2.24) is 40.3 Å². The maximum atomic E-state index is 14.5. The second-order valence-electron chi connectivity index (χ2n) is 8.57. The van der Waals surface area contributed by atoms with Crippen LogP contribution in [0.2, 0.25) is 0 Å². The van der Waals surface area contributed by atoms with Crippen LogP contribution in [0.4, 0.5) is 4.39 Å². The van der Waals surface area contributed by atoms with Crippen LogP contribution in [-0.2, 0) is 37.3 Å². The summed E-state index contributed by atoms with van der Waals surface area (Å²) in [5.74, 6) is -0.380. The van der Waals surface area contributed by atoms with Crippen molar-refractivity contribution in [2.75, 3.05) is 0 Å². The average molecular weight is 491 g/mol. The molecule has 1 N–H and O–H groups in total. The number of nitrogens with one attached hydrogen (secondary N) is 1. The Kier molecular flexibility index (Phi) is 8.22. The van der Waals surface area contributed by atoms with Crippen molar-refractivity contribution in [2.24, 2.45) is 0 Å². The number of aryl methyl sites for hydroxylation is 2. The third-order valence-corrected chi connectivity index (χ3v) is 5.43. The normalized spacial score (nSPS) is 11.8. The zero-order chi connectivity index (χ0) is 25.3. The lowest BCUT2D eigenvalue weighted by Crippen LogP contribution is -2.23. The second kappa shape index (κ2) is 11.9. The van der Waals surface area contributed by atoms with Crippen LogP contribution in [-0.4, -0.2) is 52.8 Å². The lowest BCUT2D eigenvalue weighted by Gasteiger charge is -2.07. The van der Waals surface area contributed by atoms with Crippen LogP contribution in [0, 0.1) is 6.92 Å². The van der Waals surface area contributed by atoms with Gasteiger partial charge in [-0.2, -0.15) is 0 Å². The number of aromatic nitrogens is 7. The largest absolute Gasteiger partial charge is 0.347 e. The Morgan fingerprint density at radius 2 is 1.83 bits per heavy atom. The highest BCUT2D eigenvalue weighted by Gasteiger charge is 2.15. The number of carbonyl (C=O) groups is 2. The third-order valence-electron chi connectivity index (χ3n) is 5.43. The standard InChI is InChI=1S/C25H27FN8O2/c1-18-5-4-6-19(11-18)14-28-25(36)24-17-33(32-30-24)10-8-20(26)15-34-16-22(29-31-34)13-23(35)12-21-7-2-3-9-27-21/h2-7,9,11,16-17,20H,8,10,12-15H2,1H3,(H,28,36). The summed E-state index contributed by atoms with van der Waals surface area (Å²) in [6, 6.07) is 13.3. The molecule has 0 bridgehead atoms. The van der Waals surface area contributed by atoms with Crippen molar-refractivity contribution < 1.29 is 14.0 Å². The molecular weight excluding hydrogens is 463 g/mol. The van der Waals surface area contributed by atoms with Crippen molar-refractivity contribution in [1.29, 1.82) is 0 Å². The first kappa shape index (κ1) is 24.8. The molecule has 0 radical (unpaired) electrons. The minimum absolute atomic E-state index is 0.0000356. The maximum absolute atomic E-state index is 14.5. The predicted octanol–water partition coefficient (Wildman–Crippen LogP) is 2.29. The number of Topliss-reactive ketones (excluding diaryl/α,β-unsaturated/α-hetero) is 1. The van der Waals surface area contributed by atoms with Gasteiger partial charge in [0, 0.05) is 44.0 Å². The van der Waals surface area contributed by atoms with E-state index in [1.54, 1.807) is 24.5 Å². The van der Waals surface area contributed by atoms with Crippen LogP contribution in [0.25, 0.3) is 0 Å². The van der Waals surface area contributed by atoms with E-state index in [4.69, 9.17) is 0 Å². The summed E-state index contributed by atoms with van der Waals surface area (Å²) in [6.07, 6.45) is 3.98. The van der Waals surface area contributed by atoms with Crippen molar-refractivity contribution >= 4 is 11.7 Å². The molecule has 0 aliphatic heterocycles. The SMILES string of the molecule is Cc1cccc(CNC(=O)c2cn(CCC(F)Cn3cc(CC(=O)Cc4ccccn4)nn3)nn2)c1. The number of alkyl halides is 1. The average Bonchev–Trinajstić information content (AvgIpc) is 3.51. The molecule has 4 rings (SSSR count). The molecule has 1 aromatic carbocycles. The van der Waals surface area contributed by atoms with Gasteiger partial charge in [-0.05, 0) is 24.6 Å². The van der Waals surface area contributed by atoms with Crippen LogP contribution in [0.15, 0.2) is 61.1 Å². The second-order valence-corrected chi connectivity index (χ2v) is 8.57. The van der Waals surface area contributed by atoms with Crippen molar-refractivity contribution in [3.8, 4) is 0 Å². The molecule has 0 fully saturated rings. The molecule has 3 heterocycles. The van der Waals surface area contributed by atoms with Gasteiger partial charge in [-0.15, -0.1) is 10.2 Å². The summed E-state index contributed by atoms with van der Waals surface area (Å²) in [5.41, 5.74) is 3.46. The number of nitrogens with zero attached hydrogens (tertiary/aromatic N) is 7. The van der Waals surface area contributed by atoms with Gasteiger partial charge in [0.15, 0.2) is 5.69 Å². The summed E-state index contributed by atoms with van der Waals surface area (Å²) in [4.78, 5) is 28.7. The number of hydrogen-bond acceptors (Lipinski definition) is 7. The number of rotatable bonds is 12. The van der Waals surface area contributed by atoms with Crippen LogP contribution in [0.5, 0.6) is 0 Å². The number of benzene rings is 1. The highest BCUT2D eigenvalue weighted by molar-refractivity contribution is 5.91. The Morgan fingerprint density at radius 1 is 1.00 bits per heavy atom. The Labute approximate surface area is 207 Å². The van der Waals surface area contributed by atoms with Crippen LogP contribution < -0.4 is 5.32 Å². The number of ketones is 1. The number of halogens is 1. The van der Waals surface area contributed by atoms with Crippen LogP contribution >= 0.6 is 0 Å². The van der Waals surface area contributed by atoms with Crippen molar-refractivity contribution in [3.05, 3.63) is 89.3 Å². The molecule has 186 valence electrons. The first-order valence-corrected chi connectivity index (χ1v) is 11.6.